The second-order valence-corrected chi connectivity index (χ2v) is 2.32. The smallest absolute Gasteiger partial charge is 0.157 e. The molecule has 0 fully saturated rings. The molecular weight excluding hydrogens is 156 g/mol. The Morgan fingerprint density at radius 2 is 2.00 bits per heavy atom. The maximum absolute atomic E-state index is 9.08. The summed E-state index contributed by atoms with van der Waals surface area (Å²) in [5.74, 6) is -0.244. The van der Waals surface area contributed by atoms with Gasteiger partial charge in [-0.3, -0.25) is 0 Å². The van der Waals surface area contributed by atoms with Crippen LogP contribution in [0.15, 0.2) is 28.4 Å². The van der Waals surface area contributed by atoms with Gasteiger partial charge in [0.25, 0.3) is 0 Å². The van der Waals surface area contributed by atoms with Gasteiger partial charge in [0.15, 0.2) is 11.5 Å². The third-order valence-electron chi connectivity index (χ3n) is 1.43. The van der Waals surface area contributed by atoms with Crippen molar-refractivity contribution in [1.82, 2.24) is 0 Å². The number of rotatable bonds is 2. The summed E-state index contributed by atoms with van der Waals surface area (Å²) in [6, 6.07) is 4.57. The van der Waals surface area contributed by atoms with Gasteiger partial charge in [-0.1, -0.05) is 6.07 Å². The minimum Gasteiger partial charge on any atom is -0.504 e. The lowest BCUT2D eigenvalue weighted by Crippen LogP contribution is -1.79. The summed E-state index contributed by atoms with van der Waals surface area (Å²) in [7, 11) is 1.58. The zero-order valence-electron chi connectivity index (χ0n) is 6.73. The molecule has 0 radical (unpaired) electrons. The standard InChI is InChI=1S/C8H10N2O2/c1-9-10-5-6-2-3-7(11)8(12)4-6/h2-4,11-12H,5H2,1H3. The fraction of sp³-hybridized carbons (Fsp3) is 0.250. The highest BCUT2D eigenvalue weighted by Crippen LogP contribution is 2.24. The van der Waals surface area contributed by atoms with E-state index in [2.05, 4.69) is 10.2 Å². The number of benzene rings is 1. The summed E-state index contributed by atoms with van der Waals surface area (Å²) in [6.07, 6.45) is 0. The summed E-state index contributed by atoms with van der Waals surface area (Å²) in [5, 5.41) is 25.4. The van der Waals surface area contributed by atoms with Crippen molar-refractivity contribution < 1.29 is 10.2 Å². The molecular formula is C8H10N2O2. The molecule has 4 heteroatoms. The molecule has 2 N–H and O–H groups in total. The van der Waals surface area contributed by atoms with Crippen molar-refractivity contribution in [1.29, 1.82) is 0 Å². The number of hydrogen-bond acceptors (Lipinski definition) is 4. The van der Waals surface area contributed by atoms with Crippen LogP contribution in [0.3, 0.4) is 0 Å². The normalized spacial score (nSPS) is 10.8. The Labute approximate surface area is 70.2 Å². The van der Waals surface area contributed by atoms with Crippen molar-refractivity contribution in [3.8, 4) is 11.5 Å². The van der Waals surface area contributed by atoms with Gasteiger partial charge in [0.1, 0.15) is 0 Å². The number of phenols is 2. The molecule has 0 atom stereocenters. The van der Waals surface area contributed by atoms with Crippen molar-refractivity contribution in [2.75, 3.05) is 7.05 Å². The van der Waals surface area contributed by atoms with Gasteiger partial charge in [0, 0.05) is 7.05 Å². The Balaban J connectivity index is 2.82. The van der Waals surface area contributed by atoms with E-state index in [1.807, 2.05) is 0 Å². The molecule has 1 aromatic rings. The van der Waals surface area contributed by atoms with Crippen LogP contribution in [0.5, 0.6) is 11.5 Å². The van der Waals surface area contributed by atoms with Gasteiger partial charge >= 0.3 is 0 Å². The Morgan fingerprint density at radius 3 is 2.58 bits per heavy atom. The molecule has 4 nitrogen and oxygen atoms in total. The van der Waals surface area contributed by atoms with E-state index >= 15 is 0 Å². The van der Waals surface area contributed by atoms with Gasteiger partial charge in [-0.05, 0) is 17.7 Å². The molecule has 0 bridgehead atoms. The largest absolute Gasteiger partial charge is 0.504 e. The second kappa shape index (κ2) is 3.71. The lowest BCUT2D eigenvalue weighted by atomic mass is 10.2. The molecule has 1 rings (SSSR count). The van der Waals surface area contributed by atoms with Crippen LogP contribution in [0.25, 0.3) is 0 Å². The highest BCUT2D eigenvalue weighted by molar-refractivity contribution is 5.40. The zero-order chi connectivity index (χ0) is 8.97. The molecule has 0 heterocycles. The Bertz CT molecular complexity index is 297. The van der Waals surface area contributed by atoms with E-state index in [0.29, 0.717) is 6.54 Å². The Kier molecular flexibility index (Phi) is 2.63. The lowest BCUT2D eigenvalue weighted by molar-refractivity contribution is 0.403. The molecule has 0 aliphatic heterocycles. The Hall–Kier alpha value is -1.58. The van der Waals surface area contributed by atoms with Gasteiger partial charge in [0.2, 0.25) is 0 Å². The summed E-state index contributed by atoms with van der Waals surface area (Å²) in [4.78, 5) is 0. The molecule has 0 saturated heterocycles. The van der Waals surface area contributed by atoms with Crippen LogP contribution in [0, 0.1) is 0 Å². The van der Waals surface area contributed by atoms with Crippen LogP contribution in [-0.2, 0) is 6.54 Å². The van der Waals surface area contributed by atoms with Crippen LogP contribution < -0.4 is 0 Å². The summed E-state index contributed by atoms with van der Waals surface area (Å²) in [5.41, 5.74) is 0.816. The van der Waals surface area contributed by atoms with Crippen molar-refractivity contribution in [3.05, 3.63) is 23.8 Å². The minimum absolute atomic E-state index is 0.118. The number of aromatic hydroxyl groups is 2. The predicted octanol–water partition coefficient (Wildman–Crippen LogP) is 1.68. The lowest BCUT2D eigenvalue weighted by Gasteiger charge is -1.98. The first-order chi connectivity index (χ1) is 5.74. The van der Waals surface area contributed by atoms with Crippen LogP contribution in [-0.4, -0.2) is 17.3 Å². The first-order valence-electron chi connectivity index (χ1n) is 3.50. The van der Waals surface area contributed by atoms with Gasteiger partial charge in [-0.25, -0.2) is 0 Å². The molecule has 0 amide bonds. The van der Waals surface area contributed by atoms with Gasteiger partial charge in [-0.2, -0.15) is 10.2 Å². The molecule has 0 aliphatic carbocycles. The number of nitrogens with zero attached hydrogens (tertiary/aromatic N) is 2. The molecule has 0 aromatic heterocycles. The van der Waals surface area contributed by atoms with E-state index in [0.717, 1.165) is 5.56 Å². The van der Waals surface area contributed by atoms with Crippen molar-refractivity contribution in [3.63, 3.8) is 0 Å². The fourth-order valence-electron chi connectivity index (χ4n) is 0.820. The van der Waals surface area contributed by atoms with Crippen LogP contribution in [0.2, 0.25) is 0 Å². The van der Waals surface area contributed by atoms with Gasteiger partial charge in [-0.15, -0.1) is 0 Å². The predicted molar refractivity (Wildman–Crippen MR) is 44.3 cm³/mol. The zero-order valence-corrected chi connectivity index (χ0v) is 6.73. The number of azo groups is 1. The van der Waals surface area contributed by atoms with E-state index in [4.69, 9.17) is 10.2 Å². The number of hydrogen-bond donors (Lipinski definition) is 2. The van der Waals surface area contributed by atoms with Crippen LogP contribution >= 0.6 is 0 Å². The molecule has 0 unspecified atom stereocenters. The van der Waals surface area contributed by atoms with Crippen molar-refractivity contribution >= 4 is 0 Å². The first-order valence-corrected chi connectivity index (χ1v) is 3.50. The average Bonchev–Trinajstić information content (AvgIpc) is 2.07. The summed E-state index contributed by atoms with van der Waals surface area (Å²) in [6.45, 7) is 0.421. The van der Waals surface area contributed by atoms with E-state index in [9.17, 15) is 0 Å². The third kappa shape index (κ3) is 1.95. The quantitative estimate of drug-likeness (QED) is 0.518. The number of phenolic OH excluding ortho intramolecular Hbond substituents is 2. The monoisotopic (exact) mass is 166 g/mol. The molecule has 0 spiro atoms. The van der Waals surface area contributed by atoms with Gasteiger partial charge < -0.3 is 10.2 Å². The van der Waals surface area contributed by atoms with Gasteiger partial charge in [0.05, 0.1) is 6.54 Å². The van der Waals surface area contributed by atoms with Crippen molar-refractivity contribution in [2.24, 2.45) is 10.2 Å². The Morgan fingerprint density at radius 1 is 1.25 bits per heavy atom. The van der Waals surface area contributed by atoms with Crippen molar-refractivity contribution in [2.45, 2.75) is 6.54 Å². The third-order valence-corrected chi connectivity index (χ3v) is 1.43. The SMILES string of the molecule is CN=NCc1ccc(O)c(O)c1. The van der Waals surface area contributed by atoms with Crippen LogP contribution in [0.4, 0.5) is 0 Å². The second-order valence-electron chi connectivity index (χ2n) is 2.32. The molecule has 1 aromatic carbocycles. The highest BCUT2D eigenvalue weighted by Gasteiger charge is 1.98. The maximum atomic E-state index is 9.08. The highest BCUT2D eigenvalue weighted by atomic mass is 16.3. The van der Waals surface area contributed by atoms with E-state index in [-0.39, 0.29) is 11.5 Å². The first kappa shape index (κ1) is 8.52. The molecule has 12 heavy (non-hydrogen) atoms. The maximum Gasteiger partial charge on any atom is 0.157 e. The average molecular weight is 166 g/mol. The molecule has 0 saturated carbocycles. The topological polar surface area (TPSA) is 65.2 Å². The molecule has 0 aliphatic rings. The summed E-state index contributed by atoms with van der Waals surface area (Å²) < 4.78 is 0. The van der Waals surface area contributed by atoms with E-state index < -0.39 is 0 Å². The molecule has 64 valence electrons. The minimum atomic E-state index is -0.126. The van der Waals surface area contributed by atoms with Crippen LogP contribution in [0.1, 0.15) is 5.56 Å². The van der Waals surface area contributed by atoms with E-state index in [1.54, 1.807) is 13.1 Å². The summed E-state index contributed by atoms with van der Waals surface area (Å²) >= 11 is 0. The van der Waals surface area contributed by atoms with E-state index in [1.165, 1.54) is 12.1 Å². The fourth-order valence-corrected chi connectivity index (χ4v) is 0.820.